The van der Waals surface area contributed by atoms with Crippen LogP contribution in [-0.2, 0) is 18.4 Å². The van der Waals surface area contributed by atoms with Gasteiger partial charge in [0.2, 0.25) is 0 Å². The highest BCUT2D eigenvalue weighted by Crippen LogP contribution is 2.40. The smallest absolute Gasteiger partial charge is 0.333 e. The summed E-state index contributed by atoms with van der Waals surface area (Å²) in [6.07, 6.45) is 1.89. The molecule has 166 valence electrons. The number of esters is 1. The third-order valence-corrected chi connectivity index (χ3v) is 15.4. The maximum absolute atomic E-state index is 12.0. The van der Waals surface area contributed by atoms with E-state index >= 15 is 0 Å². The topological polar surface area (TPSA) is 44.8 Å². The minimum absolute atomic E-state index is 0.0586. The van der Waals surface area contributed by atoms with Crippen molar-refractivity contribution in [2.45, 2.75) is 105 Å². The molecule has 0 saturated carbocycles. The largest absolute Gasteiger partial charge is 0.463 e. The van der Waals surface area contributed by atoms with Crippen LogP contribution in [0.3, 0.4) is 0 Å². The molecule has 0 aliphatic heterocycles. The number of ether oxygens (including phenoxy) is 1. The van der Waals surface area contributed by atoms with Crippen LogP contribution in [0.15, 0.2) is 11.6 Å². The summed E-state index contributed by atoms with van der Waals surface area (Å²) in [4.78, 5) is 12.0. The monoisotopic (exact) mass is 430 g/mol. The Morgan fingerprint density at radius 3 is 1.82 bits per heavy atom. The van der Waals surface area contributed by atoms with Crippen molar-refractivity contribution in [1.82, 2.24) is 0 Å². The summed E-state index contributed by atoms with van der Waals surface area (Å²) in [7, 11) is -3.86. The second-order valence-electron chi connectivity index (χ2n) is 10.9. The van der Waals surface area contributed by atoms with E-state index in [0.717, 1.165) is 0 Å². The van der Waals surface area contributed by atoms with Crippen LogP contribution in [0.25, 0.3) is 0 Å². The third kappa shape index (κ3) is 8.13. The number of hydrogen-bond donors (Lipinski definition) is 0. The fraction of sp³-hybridized carbons (Fsp3) is 0.864. The quantitative estimate of drug-likeness (QED) is 0.236. The van der Waals surface area contributed by atoms with E-state index in [1.54, 1.807) is 0 Å². The van der Waals surface area contributed by atoms with Gasteiger partial charge in [0.25, 0.3) is 0 Å². The summed E-state index contributed by atoms with van der Waals surface area (Å²) in [5.74, 6) is -0.200. The van der Waals surface area contributed by atoms with Gasteiger partial charge in [-0.15, -0.1) is 0 Å². The summed E-state index contributed by atoms with van der Waals surface area (Å²) in [5.41, 5.74) is 0.630. The lowest BCUT2D eigenvalue weighted by Crippen LogP contribution is -2.49. The minimum Gasteiger partial charge on any atom is -0.463 e. The van der Waals surface area contributed by atoms with Gasteiger partial charge >= 0.3 is 5.97 Å². The Labute approximate surface area is 176 Å². The van der Waals surface area contributed by atoms with Gasteiger partial charge in [0.1, 0.15) is 0 Å². The van der Waals surface area contributed by atoms with Gasteiger partial charge in [-0.1, -0.05) is 54.5 Å². The molecule has 6 heteroatoms. The molecule has 0 aliphatic carbocycles. The Hall–Kier alpha value is -0.436. The van der Waals surface area contributed by atoms with E-state index in [0.29, 0.717) is 18.8 Å². The minimum atomic E-state index is -1.98. The molecule has 0 rings (SSSR count). The maximum atomic E-state index is 12.0. The zero-order chi connectivity index (χ0) is 22.6. The van der Waals surface area contributed by atoms with Crippen LogP contribution < -0.4 is 0 Å². The van der Waals surface area contributed by atoms with Crippen LogP contribution >= 0.6 is 0 Å². The summed E-state index contributed by atoms with van der Waals surface area (Å²) in [6.45, 7) is 29.2. The second-order valence-corrected chi connectivity index (χ2v) is 20.5. The van der Waals surface area contributed by atoms with E-state index in [4.69, 9.17) is 13.6 Å². The van der Waals surface area contributed by atoms with Crippen molar-refractivity contribution in [2.24, 2.45) is 5.92 Å². The SMILES string of the molecule is CCOC(=O)/C(C)=C/[C@@H](C)[C@H](CO[Si](C)(C)C(C)(C)C)O[Si](C)(C)C(C)(C)C. The Bertz CT molecular complexity index is 540. The molecule has 0 amide bonds. The molecule has 0 bridgehead atoms. The molecule has 0 aromatic heterocycles. The van der Waals surface area contributed by atoms with Gasteiger partial charge in [0.05, 0.1) is 19.3 Å². The number of rotatable bonds is 9. The van der Waals surface area contributed by atoms with Gasteiger partial charge in [-0.3, -0.25) is 0 Å². The summed E-state index contributed by atoms with van der Waals surface area (Å²) in [5, 5.41) is 0.260. The van der Waals surface area contributed by atoms with Crippen LogP contribution in [0.1, 0.15) is 62.3 Å². The van der Waals surface area contributed by atoms with Crippen molar-refractivity contribution in [3.8, 4) is 0 Å². The molecule has 28 heavy (non-hydrogen) atoms. The molecule has 4 nitrogen and oxygen atoms in total. The summed E-state index contributed by atoms with van der Waals surface area (Å²) < 4.78 is 18.4. The first-order chi connectivity index (χ1) is 12.4. The third-order valence-electron chi connectivity index (χ3n) is 6.36. The highest BCUT2D eigenvalue weighted by Gasteiger charge is 2.42. The average Bonchev–Trinajstić information content (AvgIpc) is 2.49. The Morgan fingerprint density at radius 2 is 1.43 bits per heavy atom. The van der Waals surface area contributed by atoms with Gasteiger partial charge < -0.3 is 13.6 Å². The van der Waals surface area contributed by atoms with Gasteiger partial charge in [-0.2, -0.15) is 0 Å². The average molecular weight is 431 g/mol. The van der Waals surface area contributed by atoms with Crippen LogP contribution in [0.5, 0.6) is 0 Å². The van der Waals surface area contributed by atoms with Crippen molar-refractivity contribution in [2.75, 3.05) is 13.2 Å². The van der Waals surface area contributed by atoms with Gasteiger partial charge in [-0.25, -0.2) is 4.79 Å². The van der Waals surface area contributed by atoms with Crippen molar-refractivity contribution >= 4 is 22.6 Å². The van der Waals surface area contributed by atoms with E-state index in [1.165, 1.54) is 0 Å². The molecular weight excluding hydrogens is 384 g/mol. The second kappa shape index (κ2) is 10.0. The Kier molecular flexibility index (Phi) is 9.89. The lowest BCUT2D eigenvalue weighted by atomic mass is 10.0. The zero-order valence-electron chi connectivity index (χ0n) is 20.8. The lowest BCUT2D eigenvalue weighted by molar-refractivity contribution is -0.138. The number of hydrogen-bond acceptors (Lipinski definition) is 4. The number of carbonyl (C=O) groups excluding carboxylic acids is 1. The van der Waals surface area contributed by atoms with E-state index in [1.807, 2.05) is 19.9 Å². The van der Waals surface area contributed by atoms with Crippen LogP contribution in [0.2, 0.25) is 36.3 Å². The molecule has 0 aliphatic rings. The maximum Gasteiger partial charge on any atom is 0.333 e. The van der Waals surface area contributed by atoms with E-state index < -0.39 is 16.6 Å². The van der Waals surface area contributed by atoms with Crippen molar-refractivity contribution in [3.63, 3.8) is 0 Å². The first-order valence-corrected chi connectivity index (χ1v) is 16.3. The van der Waals surface area contributed by atoms with Crippen LogP contribution in [0.4, 0.5) is 0 Å². The predicted molar refractivity (Wildman–Crippen MR) is 125 cm³/mol. The molecule has 0 unspecified atom stereocenters. The lowest BCUT2D eigenvalue weighted by Gasteiger charge is -2.42. The zero-order valence-corrected chi connectivity index (χ0v) is 22.8. The van der Waals surface area contributed by atoms with Crippen molar-refractivity contribution in [3.05, 3.63) is 11.6 Å². The van der Waals surface area contributed by atoms with Gasteiger partial charge in [0.15, 0.2) is 16.6 Å². The fourth-order valence-electron chi connectivity index (χ4n) is 2.17. The normalized spacial score (nSPS) is 16.7. The highest BCUT2D eigenvalue weighted by atomic mass is 28.4. The molecule has 0 saturated heterocycles. The Balaban J connectivity index is 5.62. The van der Waals surface area contributed by atoms with Crippen LogP contribution in [0, 0.1) is 5.92 Å². The van der Waals surface area contributed by atoms with Crippen molar-refractivity contribution < 1.29 is 18.4 Å². The molecular formula is C22H46O4Si2. The Morgan fingerprint density at radius 1 is 0.964 bits per heavy atom. The van der Waals surface area contributed by atoms with Crippen LogP contribution in [-0.4, -0.2) is 41.9 Å². The molecule has 0 aromatic carbocycles. The highest BCUT2D eigenvalue weighted by molar-refractivity contribution is 6.74. The fourth-order valence-corrected chi connectivity index (χ4v) is 4.58. The predicted octanol–water partition coefficient (Wildman–Crippen LogP) is 6.54. The molecule has 2 atom stereocenters. The molecule has 0 radical (unpaired) electrons. The molecule has 0 N–H and O–H groups in total. The first kappa shape index (κ1) is 27.6. The first-order valence-electron chi connectivity index (χ1n) is 10.5. The van der Waals surface area contributed by atoms with E-state index in [-0.39, 0.29) is 28.1 Å². The molecule has 0 heterocycles. The van der Waals surface area contributed by atoms with Crippen molar-refractivity contribution in [1.29, 1.82) is 0 Å². The molecule has 0 fully saturated rings. The molecule has 0 spiro atoms. The summed E-state index contributed by atoms with van der Waals surface area (Å²) in [6, 6.07) is 0. The number of carbonyl (C=O) groups is 1. The van der Waals surface area contributed by atoms with E-state index in [2.05, 4.69) is 74.7 Å². The van der Waals surface area contributed by atoms with Gasteiger partial charge in [0, 0.05) is 11.5 Å². The molecule has 0 aromatic rings. The van der Waals surface area contributed by atoms with Gasteiger partial charge in [-0.05, 0) is 50.1 Å². The summed E-state index contributed by atoms with van der Waals surface area (Å²) >= 11 is 0. The standard InChI is InChI=1S/C22H46O4Si2/c1-14-24-20(23)18(3)15-17(2)19(26-28(12,13)22(7,8)9)16-25-27(10,11)21(4,5)6/h15,17,19H,14,16H2,1-13H3/b18-15+/t17-,19+/m1/s1. The van der Waals surface area contributed by atoms with E-state index in [9.17, 15) is 4.79 Å².